The van der Waals surface area contributed by atoms with E-state index in [1.54, 1.807) is 0 Å². The number of carbonyl (C=O) groups is 1. The average molecular weight is 328 g/mol. The van der Waals surface area contributed by atoms with Gasteiger partial charge < -0.3 is 5.32 Å². The van der Waals surface area contributed by atoms with Crippen LogP contribution in [0.25, 0.3) is 10.8 Å². The molecule has 1 aromatic heterocycles. The number of hydrogen-bond donors (Lipinski definition) is 3. The maximum absolute atomic E-state index is 12.0. The van der Waals surface area contributed by atoms with Gasteiger partial charge in [0.15, 0.2) is 5.03 Å². The number of fused-ring (bicyclic) bond motifs is 1. The molecule has 3 rings (SSSR count). The number of thioether (sulfide) groups is 1. The molecule has 1 heterocycles. The zero-order valence-electron chi connectivity index (χ0n) is 11.8. The Balaban J connectivity index is 1.66. The molecule has 3 aromatic rings. The quantitative estimate of drug-likeness (QED) is 0.627. The van der Waals surface area contributed by atoms with Crippen molar-refractivity contribution in [3.63, 3.8) is 0 Å². The van der Waals surface area contributed by atoms with Crippen molar-refractivity contribution >= 4 is 34.1 Å². The SMILES string of the molecule is O=C(CSc1n[nH]c(=O)[nH]c1=O)Nc1ccc2ccccc2c1. The molecule has 0 aliphatic rings. The van der Waals surface area contributed by atoms with E-state index in [1.165, 1.54) is 0 Å². The van der Waals surface area contributed by atoms with Crippen molar-refractivity contribution in [1.29, 1.82) is 0 Å². The van der Waals surface area contributed by atoms with Crippen LogP contribution < -0.4 is 16.6 Å². The van der Waals surface area contributed by atoms with Gasteiger partial charge in [-0.2, -0.15) is 5.10 Å². The topological polar surface area (TPSA) is 108 Å². The van der Waals surface area contributed by atoms with E-state index in [4.69, 9.17) is 0 Å². The Morgan fingerprint density at radius 1 is 1.13 bits per heavy atom. The highest BCUT2D eigenvalue weighted by atomic mass is 32.2. The minimum absolute atomic E-state index is 0.00888. The van der Waals surface area contributed by atoms with Gasteiger partial charge in [-0.05, 0) is 22.9 Å². The Morgan fingerprint density at radius 3 is 2.70 bits per heavy atom. The molecule has 0 unspecified atom stereocenters. The van der Waals surface area contributed by atoms with Crippen molar-refractivity contribution < 1.29 is 4.79 Å². The van der Waals surface area contributed by atoms with Gasteiger partial charge in [-0.15, -0.1) is 0 Å². The zero-order chi connectivity index (χ0) is 16.2. The lowest BCUT2D eigenvalue weighted by molar-refractivity contribution is -0.113. The molecule has 0 aliphatic heterocycles. The largest absolute Gasteiger partial charge is 0.342 e. The average Bonchev–Trinajstić information content (AvgIpc) is 2.54. The molecule has 8 heteroatoms. The van der Waals surface area contributed by atoms with E-state index >= 15 is 0 Å². The summed E-state index contributed by atoms with van der Waals surface area (Å²) in [7, 11) is 0. The second-order valence-electron chi connectivity index (χ2n) is 4.71. The molecular formula is C15H12N4O3S. The van der Waals surface area contributed by atoms with E-state index in [-0.39, 0.29) is 16.7 Å². The van der Waals surface area contributed by atoms with Crippen LogP contribution in [-0.4, -0.2) is 26.8 Å². The van der Waals surface area contributed by atoms with E-state index in [1.807, 2.05) is 42.5 Å². The van der Waals surface area contributed by atoms with E-state index in [0.29, 0.717) is 5.69 Å². The second-order valence-corrected chi connectivity index (χ2v) is 5.67. The van der Waals surface area contributed by atoms with Crippen LogP contribution in [0.1, 0.15) is 0 Å². The summed E-state index contributed by atoms with van der Waals surface area (Å²) in [5.74, 6) is -0.257. The molecule has 0 aliphatic carbocycles. The summed E-state index contributed by atoms with van der Waals surface area (Å²) in [6, 6.07) is 13.4. The van der Waals surface area contributed by atoms with E-state index in [2.05, 4.69) is 20.5 Å². The van der Waals surface area contributed by atoms with Crippen molar-refractivity contribution in [3.05, 3.63) is 63.3 Å². The van der Waals surface area contributed by atoms with Gasteiger partial charge in [-0.1, -0.05) is 42.1 Å². The number of anilines is 1. The molecule has 0 atom stereocenters. The molecule has 7 nitrogen and oxygen atoms in total. The van der Waals surface area contributed by atoms with Crippen LogP contribution in [0.4, 0.5) is 5.69 Å². The van der Waals surface area contributed by atoms with Crippen LogP contribution in [0.15, 0.2) is 57.1 Å². The summed E-state index contributed by atoms with van der Waals surface area (Å²) in [5, 5.41) is 10.6. The number of nitrogens with zero attached hydrogens (tertiary/aromatic N) is 1. The Bertz CT molecular complexity index is 980. The number of nitrogens with one attached hydrogen (secondary N) is 3. The highest BCUT2D eigenvalue weighted by Crippen LogP contribution is 2.19. The first-order chi connectivity index (χ1) is 11.1. The Labute approximate surface area is 134 Å². The van der Waals surface area contributed by atoms with Crippen LogP contribution in [0.2, 0.25) is 0 Å². The fourth-order valence-corrected chi connectivity index (χ4v) is 2.67. The third-order valence-electron chi connectivity index (χ3n) is 3.05. The van der Waals surface area contributed by atoms with Gasteiger partial charge in [-0.3, -0.25) is 14.6 Å². The predicted molar refractivity (Wildman–Crippen MR) is 88.8 cm³/mol. The molecule has 0 fully saturated rings. The van der Waals surface area contributed by atoms with Crippen LogP contribution >= 0.6 is 11.8 Å². The molecule has 2 aromatic carbocycles. The first kappa shape index (κ1) is 15.0. The lowest BCUT2D eigenvalue weighted by Crippen LogP contribution is -2.25. The summed E-state index contributed by atoms with van der Waals surface area (Å²) < 4.78 is 0. The minimum Gasteiger partial charge on any atom is -0.325 e. The molecule has 0 radical (unpaired) electrons. The molecule has 116 valence electrons. The summed E-state index contributed by atoms with van der Waals surface area (Å²) in [6.07, 6.45) is 0. The Morgan fingerprint density at radius 2 is 1.91 bits per heavy atom. The van der Waals surface area contributed by atoms with Crippen molar-refractivity contribution in [2.75, 3.05) is 11.1 Å². The van der Waals surface area contributed by atoms with Gasteiger partial charge in [-0.25, -0.2) is 9.89 Å². The molecule has 1 amide bonds. The van der Waals surface area contributed by atoms with Crippen molar-refractivity contribution in [2.45, 2.75) is 5.03 Å². The molecule has 0 saturated heterocycles. The summed E-state index contributed by atoms with van der Waals surface area (Å²) in [5.41, 5.74) is -0.616. The third kappa shape index (κ3) is 3.67. The summed E-state index contributed by atoms with van der Waals surface area (Å²) in [6.45, 7) is 0. The Kier molecular flexibility index (Phi) is 4.24. The van der Waals surface area contributed by atoms with Crippen LogP contribution in [0, 0.1) is 0 Å². The zero-order valence-corrected chi connectivity index (χ0v) is 12.6. The van der Waals surface area contributed by atoms with Crippen LogP contribution in [0.3, 0.4) is 0 Å². The predicted octanol–water partition coefficient (Wildman–Crippen LogP) is 1.34. The maximum atomic E-state index is 12.0. The third-order valence-corrected chi connectivity index (χ3v) is 4.01. The van der Waals surface area contributed by atoms with Crippen molar-refractivity contribution in [1.82, 2.24) is 15.2 Å². The first-order valence-electron chi connectivity index (χ1n) is 6.72. The van der Waals surface area contributed by atoms with Gasteiger partial charge in [0.05, 0.1) is 5.75 Å². The molecule has 0 spiro atoms. The molecule has 3 N–H and O–H groups in total. The summed E-state index contributed by atoms with van der Waals surface area (Å²) in [4.78, 5) is 36.3. The van der Waals surface area contributed by atoms with Gasteiger partial charge in [0.25, 0.3) is 5.56 Å². The standard InChI is InChI=1S/C15H12N4O3S/c20-12(8-23-14-13(21)17-15(22)19-18-14)16-11-6-5-9-3-1-2-4-10(9)7-11/h1-7H,8H2,(H,16,20)(H2,17,19,21,22). The van der Waals surface area contributed by atoms with Crippen LogP contribution in [-0.2, 0) is 4.79 Å². The smallest absolute Gasteiger partial charge is 0.325 e. The van der Waals surface area contributed by atoms with E-state index in [0.717, 1.165) is 22.5 Å². The van der Waals surface area contributed by atoms with Crippen LogP contribution in [0.5, 0.6) is 0 Å². The minimum atomic E-state index is -0.681. The normalized spacial score (nSPS) is 10.6. The number of aromatic nitrogens is 3. The number of rotatable bonds is 4. The summed E-state index contributed by atoms with van der Waals surface area (Å²) >= 11 is 0.950. The van der Waals surface area contributed by atoms with Gasteiger partial charge in [0, 0.05) is 5.69 Å². The highest BCUT2D eigenvalue weighted by molar-refractivity contribution is 7.99. The fraction of sp³-hybridized carbons (Fsp3) is 0.0667. The number of amides is 1. The van der Waals surface area contributed by atoms with Gasteiger partial charge in [0.2, 0.25) is 5.91 Å². The van der Waals surface area contributed by atoms with Crippen molar-refractivity contribution in [3.8, 4) is 0 Å². The fourth-order valence-electron chi connectivity index (χ4n) is 2.03. The number of aromatic amines is 2. The Hall–Kier alpha value is -2.87. The monoisotopic (exact) mass is 328 g/mol. The number of hydrogen-bond acceptors (Lipinski definition) is 5. The number of H-pyrrole nitrogens is 2. The van der Waals surface area contributed by atoms with E-state index in [9.17, 15) is 14.4 Å². The van der Waals surface area contributed by atoms with E-state index < -0.39 is 11.2 Å². The maximum Gasteiger partial charge on any atom is 0.342 e. The second kappa shape index (κ2) is 6.49. The van der Waals surface area contributed by atoms with Gasteiger partial charge >= 0.3 is 5.69 Å². The molecule has 0 bridgehead atoms. The first-order valence-corrected chi connectivity index (χ1v) is 7.71. The van der Waals surface area contributed by atoms with Crippen molar-refractivity contribution in [2.24, 2.45) is 0 Å². The number of carbonyl (C=O) groups excluding carboxylic acids is 1. The molecular weight excluding hydrogens is 316 g/mol. The molecule has 23 heavy (non-hydrogen) atoms. The lowest BCUT2D eigenvalue weighted by atomic mass is 10.1. The lowest BCUT2D eigenvalue weighted by Gasteiger charge is -2.06. The van der Waals surface area contributed by atoms with Gasteiger partial charge in [0.1, 0.15) is 0 Å². The number of benzene rings is 2. The highest BCUT2D eigenvalue weighted by Gasteiger charge is 2.08. The molecule has 0 saturated carbocycles.